The Morgan fingerprint density at radius 1 is 0.765 bits per heavy atom. The van der Waals surface area contributed by atoms with Crippen molar-refractivity contribution in [2.24, 2.45) is 11.3 Å². The van der Waals surface area contributed by atoms with Gasteiger partial charge in [-0.3, -0.25) is 14.4 Å². The molecule has 2 rings (SSSR count). The van der Waals surface area contributed by atoms with Crippen molar-refractivity contribution >= 4 is 29.2 Å². The number of rotatable bonds is 15. The van der Waals surface area contributed by atoms with Crippen LogP contribution < -0.4 is 15.4 Å². The number of amides is 2. The summed E-state index contributed by atoms with van der Waals surface area (Å²) in [4.78, 5) is 37.9. The quantitative estimate of drug-likeness (QED) is 0.108. The molecule has 2 aromatic carbocycles. The van der Waals surface area contributed by atoms with Crippen LogP contribution in [0.5, 0.6) is 5.75 Å². The lowest BCUT2D eigenvalue weighted by molar-refractivity contribution is -0.134. The maximum atomic E-state index is 12.7. The minimum Gasteiger partial charge on any atom is -0.478 e. The Morgan fingerprint density at radius 3 is 1.59 bits per heavy atom. The zero-order valence-electron chi connectivity index (χ0n) is 34.4. The van der Waals surface area contributed by atoms with Gasteiger partial charge in [0, 0.05) is 34.7 Å². The molecule has 288 valence electrons. The molecule has 0 fully saturated rings. The molecule has 0 aliphatic carbocycles. The van der Waals surface area contributed by atoms with Gasteiger partial charge < -0.3 is 20.1 Å². The van der Waals surface area contributed by atoms with Gasteiger partial charge in [0.1, 0.15) is 5.75 Å². The van der Waals surface area contributed by atoms with Gasteiger partial charge in [-0.2, -0.15) is 0 Å². The van der Waals surface area contributed by atoms with Crippen molar-refractivity contribution in [2.45, 2.75) is 122 Å². The van der Waals surface area contributed by atoms with Gasteiger partial charge in [0.15, 0.2) is 11.4 Å². The van der Waals surface area contributed by atoms with E-state index in [2.05, 4.69) is 72.1 Å². The maximum Gasteiger partial charge on any atom is 0.263 e. The summed E-state index contributed by atoms with van der Waals surface area (Å²) in [6, 6.07) is 13.4. The summed E-state index contributed by atoms with van der Waals surface area (Å²) in [5.74, 6) is 0.387. The first-order chi connectivity index (χ1) is 23.8. The topological polar surface area (TPSA) is 93.7 Å². The summed E-state index contributed by atoms with van der Waals surface area (Å²) in [6.45, 7) is 31.6. The second-order valence-corrected chi connectivity index (χ2v) is 14.3. The van der Waals surface area contributed by atoms with Crippen LogP contribution in [0.4, 0.5) is 0 Å². The standard InChI is InChI=1S/C32H43ClN2O5.C6H12.C3H8.C2H6/c1-8-22(2)23(3)21-31(4,5)29(37)34-17-19-39-20-18-35-30(38)32(6,7)40-27-15-11-25(12-16-27)28(36)24-9-13-26(33)14-10-24;1-5(2)6(3)4;1-3-2;1-2/h8-16,23H,17-21H2,1-7H3,(H,34,37)(H,35,38);1-4H3;3H2,1-2H3;1-2H3/b22-8+;;;. The number of hydrogen-bond acceptors (Lipinski definition) is 5. The second kappa shape index (κ2) is 26.4. The van der Waals surface area contributed by atoms with Crippen molar-refractivity contribution in [3.63, 3.8) is 0 Å². The Balaban J connectivity index is 0. The van der Waals surface area contributed by atoms with Crippen LogP contribution in [-0.4, -0.2) is 49.5 Å². The fraction of sp³-hybridized carbons (Fsp3) is 0.558. The minimum atomic E-state index is -1.14. The van der Waals surface area contributed by atoms with E-state index in [1.165, 1.54) is 23.1 Å². The predicted molar refractivity (Wildman–Crippen MR) is 217 cm³/mol. The number of ketones is 1. The van der Waals surface area contributed by atoms with Gasteiger partial charge in [-0.25, -0.2) is 0 Å². The SMILES string of the molecule is C/C=C(\C)C(C)CC(C)(C)C(=O)NCCOCCNC(=O)C(C)(C)Oc1ccc(C(=O)c2ccc(Cl)cc2)cc1.CC.CC(C)=C(C)C.CCC. The van der Waals surface area contributed by atoms with Crippen molar-refractivity contribution in [1.82, 2.24) is 10.6 Å². The summed E-state index contributed by atoms with van der Waals surface area (Å²) in [7, 11) is 0. The zero-order chi connectivity index (χ0) is 39.8. The van der Waals surface area contributed by atoms with Gasteiger partial charge in [0.2, 0.25) is 5.91 Å². The third-order valence-corrected chi connectivity index (χ3v) is 8.12. The Kier molecular flexibility index (Phi) is 25.7. The summed E-state index contributed by atoms with van der Waals surface area (Å²) in [5.41, 5.74) is 3.56. The number of carbonyl (C=O) groups is 3. The summed E-state index contributed by atoms with van der Waals surface area (Å²) in [5, 5.41) is 6.32. The molecule has 0 radical (unpaired) electrons. The van der Waals surface area contributed by atoms with Crippen LogP contribution in [0.25, 0.3) is 0 Å². The molecular formula is C43H69ClN2O5. The van der Waals surface area contributed by atoms with E-state index in [1.807, 2.05) is 34.6 Å². The Hall–Kier alpha value is -3.42. The van der Waals surface area contributed by atoms with Crippen LogP contribution in [0.2, 0.25) is 5.02 Å². The zero-order valence-corrected chi connectivity index (χ0v) is 35.2. The highest BCUT2D eigenvalue weighted by atomic mass is 35.5. The van der Waals surface area contributed by atoms with Crippen LogP contribution in [0, 0.1) is 11.3 Å². The van der Waals surface area contributed by atoms with Crippen molar-refractivity contribution in [3.8, 4) is 5.75 Å². The normalized spacial score (nSPS) is 11.6. The highest BCUT2D eigenvalue weighted by molar-refractivity contribution is 6.30. The van der Waals surface area contributed by atoms with Crippen LogP contribution in [0.3, 0.4) is 0 Å². The van der Waals surface area contributed by atoms with E-state index < -0.39 is 11.0 Å². The van der Waals surface area contributed by atoms with Gasteiger partial charge in [-0.1, -0.05) is 89.3 Å². The third kappa shape index (κ3) is 20.9. The highest BCUT2D eigenvalue weighted by Crippen LogP contribution is 2.29. The molecule has 51 heavy (non-hydrogen) atoms. The highest BCUT2D eigenvalue weighted by Gasteiger charge is 2.30. The summed E-state index contributed by atoms with van der Waals surface area (Å²) >= 11 is 5.90. The van der Waals surface area contributed by atoms with Gasteiger partial charge in [0.25, 0.3) is 5.91 Å². The molecule has 0 saturated heterocycles. The van der Waals surface area contributed by atoms with Gasteiger partial charge in [-0.05, 0) is 116 Å². The number of benzene rings is 2. The number of carbonyl (C=O) groups excluding carboxylic acids is 3. The molecule has 0 bridgehead atoms. The van der Waals surface area contributed by atoms with Crippen LogP contribution in [-0.2, 0) is 14.3 Å². The number of allylic oxidation sites excluding steroid dienone is 4. The van der Waals surface area contributed by atoms with Crippen molar-refractivity contribution < 1.29 is 23.9 Å². The molecule has 0 heterocycles. The van der Waals surface area contributed by atoms with Crippen LogP contribution in [0.1, 0.15) is 133 Å². The molecule has 2 aromatic rings. The lowest BCUT2D eigenvalue weighted by Gasteiger charge is -2.27. The molecule has 8 heteroatoms. The smallest absolute Gasteiger partial charge is 0.263 e. The fourth-order valence-electron chi connectivity index (χ4n) is 4.11. The van der Waals surface area contributed by atoms with Crippen LogP contribution >= 0.6 is 11.6 Å². The summed E-state index contributed by atoms with van der Waals surface area (Å²) in [6.07, 6.45) is 4.11. The van der Waals surface area contributed by atoms with E-state index in [0.29, 0.717) is 54.1 Å². The predicted octanol–water partition coefficient (Wildman–Crippen LogP) is 10.8. The van der Waals surface area contributed by atoms with Gasteiger partial charge >= 0.3 is 0 Å². The minimum absolute atomic E-state index is 0.00133. The molecule has 2 amide bonds. The molecule has 1 atom stereocenters. The van der Waals surface area contributed by atoms with E-state index >= 15 is 0 Å². The Labute approximate surface area is 316 Å². The largest absolute Gasteiger partial charge is 0.478 e. The monoisotopic (exact) mass is 728 g/mol. The first-order valence-corrected chi connectivity index (χ1v) is 18.7. The van der Waals surface area contributed by atoms with Gasteiger partial charge in [-0.15, -0.1) is 0 Å². The molecule has 0 saturated carbocycles. The first kappa shape index (κ1) is 49.7. The Bertz CT molecular complexity index is 1340. The average Bonchev–Trinajstić information content (AvgIpc) is 3.08. The van der Waals surface area contributed by atoms with E-state index in [4.69, 9.17) is 21.1 Å². The molecule has 2 N–H and O–H groups in total. The van der Waals surface area contributed by atoms with E-state index in [-0.39, 0.29) is 17.6 Å². The molecule has 0 aliphatic heterocycles. The number of ether oxygens (including phenoxy) is 2. The lowest BCUT2D eigenvalue weighted by Crippen LogP contribution is -2.47. The van der Waals surface area contributed by atoms with Crippen molar-refractivity contribution in [3.05, 3.63) is 87.5 Å². The molecule has 0 aromatic heterocycles. The lowest BCUT2D eigenvalue weighted by atomic mass is 9.80. The number of nitrogens with one attached hydrogen (secondary N) is 2. The van der Waals surface area contributed by atoms with E-state index in [9.17, 15) is 14.4 Å². The maximum absolute atomic E-state index is 12.7. The second-order valence-electron chi connectivity index (χ2n) is 13.8. The molecular weight excluding hydrogens is 660 g/mol. The Morgan fingerprint density at radius 2 is 1.18 bits per heavy atom. The van der Waals surface area contributed by atoms with Gasteiger partial charge in [0.05, 0.1) is 13.2 Å². The molecule has 1 unspecified atom stereocenters. The average molecular weight is 729 g/mol. The number of hydrogen-bond donors (Lipinski definition) is 2. The molecule has 0 spiro atoms. The fourth-order valence-corrected chi connectivity index (χ4v) is 4.24. The first-order valence-electron chi connectivity index (χ1n) is 18.3. The number of halogens is 1. The van der Waals surface area contributed by atoms with E-state index in [0.717, 1.165) is 6.42 Å². The van der Waals surface area contributed by atoms with Crippen molar-refractivity contribution in [2.75, 3.05) is 26.3 Å². The van der Waals surface area contributed by atoms with E-state index in [1.54, 1.807) is 62.4 Å². The third-order valence-electron chi connectivity index (χ3n) is 7.87. The molecule has 0 aliphatic rings. The van der Waals surface area contributed by atoms with Crippen molar-refractivity contribution in [1.29, 1.82) is 0 Å². The van der Waals surface area contributed by atoms with Crippen LogP contribution in [0.15, 0.2) is 71.3 Å². The summed E-state index contributed by atoms with van der Waals surface area (Å²) < 4.78 is 11.5. The molecule has 7 nitrogen and oxygen atoms in total.